The smallest absolute Gasteiger partial charge is 0.257 e. The zero-order chi connectivity index (χ0) is 20.4. The van der Waals surface area contributed by atoms with Crippen molar-refractivity contribution in [3.8, 4) is 17.2 Å². The predicted molar refractivity (Wildman–Crippen MR) is 112 cm³/mol. The Morgan fingerprint density at radius 1 is 1.34 bits per heavy atom. The molecule has 0 spiro atoms. The molecule has 2 aromatic rings. The topological polar surface area (TPSA) is 120 Å². The van der Waals surface area contributed by atoms with E-state index >= 15 is 0 Å². The normalized spacial score (nSPS) is 18.4. The van der Waals surface area contributed by atoms with E-state index in [-0.39, 0.29) is 28.9 Å². The monoisotopic (exact) mass is 414 g/mol. The summed E-state index contributed by atoms with van der Waals surface area (Å²) >= 11 is 1.18. The molecule has 1 saturated heterocycles. The molecule has 2 aliphatic heterocycles. The number of nitrogens with one attached hydrogen (secondary N) is 1. The van der Waals surface area contributed by atoms with Gasteiger partial charge in [-0.15, -0.1) is 0 Å². The maximum atomic E-state index is 12.8. The lowest BCUT2D eigenvalue weighted by Crippen LogP contribution is -2.41. The summed E-state index contributed by atoms with van der Waals surface area (Å²) in [5, 5.41) is 19.6. The van der Waals surface area contributed by atoms with E-state index in [0.717, 1.165) is 24.1 Å². The fourth-order valence-electron chi connectivity index (χ4n) is 3.63. The van der Waals surface area contributed by atoms with Gasteiger partial charge in [-0.05, 0) is 43.2 Å². The Morgan fingerprint density at radius 2 is 2.21 bits per heavy atom. The van der Waals surface area contributed by atoms with Gasteiger partial charge in [-0.2, -0.15) is 4.40 Å². The van der Waals surface area contributed by atoms with Gasteiger partial charge in [-0.3, -0.25) is 4.79 Å². The van der Waals surface area contributed by atoms with E-state index in [9.17, 15) is 15.0 Å². The van der Waals surface area contributed by atoms with Gasteiger partial charge in [-0.25, -0.2) is 0 Å². The number of nitrogens with two attached hydrogens (primary N) is 1. The summed E-state index contributed by atoms with van der Waals surface area (Å²) in [6, 6.07) is 9.63. The van der Waals surface area contributed by atoms with Crippen molar-refractivity contribution in [1.82, 2.24) is 4.90 Å². The molecule has 1 amide bonds. The second-order valence-corrected chi connectivity index (χ2v) is 7.69. The van der Waals surface area contributed by atoms with Gasteiger partial charge >= 0.3 is 0 Å². The number of phenols is 2. The number of piperidine rings is 1. The average Bonchev–Trinajstić information content (AvgIpc) is 2.74. The molecule has 152 valence electrons. The van der Waals surface area contributed by atoms with Crippen molar-refractivity contribution < 1.29 is 19.7 Å². The number of hydrogen-bond donors (Lipinski definition) is 4. The summed E-state index contributed by atoms with van der Waals surface area (Å²) < 4.78 is 13.3. The third kappa shape index (κ3) is 4.04. The van der Waals surface area contributed by atoms with Gasteiger partial charge in [0.2, 0.25) is 0 Å². The van der Waals surface area contributed by atoms with Crippen LogP contribution in [0.5, 0.6) is 17.2 Å². The molecule has 1 unspecified atom stereocenters. The van der Waals surface area contributed by atoms with Crippen LogP contribution in [0.15, 0.2) is 40.8 Å². The Labute approximate surface area is 172 Å². The number of amidine groups is 1. The van der Waals surface area contributed by atoms with Crippen molar-refractivity contribution in [3.05, 3.63) is 47.5 Å². The van der Waals surface area contributed by atoms with Crippen molar-refractivity contribution in [2.75, 3.05) is 24.4 Å². The molecule has 4 rings (SSSR count). The van der Waals surface area contributed by atoms with E-state index in [4.69, 9.17) is 10.5 Å². The molecule has 2 aromatic carbocycles. The number of rotatable bonds is 4. The molecule has 5 N–H and O–H groups in total. The SMILES string of the molecule is NC1=NSNc2cccc(OCC3CCCN(C(=O)c4cc(O)ccc4O)C3)c21. The predicted octanol–water partition coefficient (Wildman–Crippen LogP) is 2.72. The lowest BCUT2D eigenvalue weighted by Gasteiger charge is -2.33. The van der Waals surface area contributed by atoms with Crippen LogP contribution in [-0.4, -0.2) is 46.6 Å². The Bertz CT molecular complexity index is 965. The first-order valence-electron chi connectivity index (χ1n) is 9.36. The van der Waals surface area contributed by atoms with Crippen LogP contribution in [0.1, 0.15) is 28.8 Å². The minimum atomic E-state index is -0.294. The summed E-state index contributed by atoms with van der Waals surface area (Å²) in [5.41, 5.74) is 7.74. The van der Waals surface area contributed by atoms with Crippen LogP contribution in [0.2, 0.25) is 0 Å². The number of nitrogens with zero attached hydrogens (tertiary/aromatic N) is 2. The number of anilines is 1. The minimum absolute atomic E-state index is 0.0529. The third-order valence-electron chi connectivity index (χ3n) is 5.07. The molecule has 8 nitrogen and oxygen atoms in total. The van der Waals surface area contributed by atoms with Crippen molar-refractivity contribution in [3.63, 3.8) is 0 Å². The number of aromatic hydroxyl groups is 2. The van der Waals surface area contributed by atoms with Gasteiger partial charge in [0.15, 0.2) is 0 Å². The molecule has 0 aliphatic carbocycles. The quantitative estimate of drug-likeness (QED) is 0.448. The summed E-state index contributed by atoms with van der Waals surface area (Å²) in [7, 11) is 0. The molecule has 0 radical (unpaired) electrons. The highest BCUT2D eigenvalue weighted by Crippen LogP contribution is 2.33. The van der Waals surface area contributed by atoms with Gasteiger partial charge < -0.3 is 30.3 Å². The van der Waals surface area contributed by atoms with Crippen LogP contribution in [0.4, 0.5) is 5.69 Å². The molecule has 0 bridgehead atoms. The molecule has 1 atom stereocenters. The van der Waals surface area contributed by atoms with Gasteiger partial charge in [0.1, 0.15) is 23.1 Å². The second kappa shape index (κ2) is 8.12. The number of hydrogen-bond acceptors (Lipinski definition) is 8. The molecule has 2 heterocycles. The maximum Gasteiger partial charge on any atom is 0.257 e. The average molecular weight is 414 g/mol. The van der Waals surface area contributed by atoms with E-state index in [1.54, 1.807) is 4.90 Å². The van der Waals surface area contributed by atoms with E-state index in [2.05, 4.69) is 9.12 Å². The second-order valence-electron chi connectivity index (χ2n) is 7.12. The molecule has 0 saturated carbocycles. The largest absolute Gasteiger partial charge is 0.508 e. The number of carbonyl (C=O) groups excluding carboxylic acids is 1. The molecule has 9 heteroatoms. The lowest BCUT2D eigenvalue weighted by molar-refractivity contribution is 0.0630. The van der Waals surface area contributed by atoms with Crippen LogP contribution in [0.3, 0.4) is 0 Å². The molecular formula is C20H22N4O4S. The van der Waals surface area contributed by atoms with Crippen molar-refractivity contribution in [2.45, 2.75) is 12.8 Å². The summed E-state index contributed by atoms with van der Waals surface area (Å²) in [4.78, 5) is 14.5. The molecule has 0 aromatic heterocycles. The Morgan fingerprint density at radius 3 is 3.07 bits per heavy atom. The van der Waals surface area contributed by atoms with Crippen LogP contribution < -0.4 is 15.2 Å². The summed E-state index contributed by atoms with van der Waals surface area (Å²) in [6.45, 7) is 1.55. The van der Waals surface area contributed by atoms with E-state index in [0.29, 0.717) is 31.3 Å². The van der Waals surface area contributed by atoms with Crippen LogP contribution >= 0.6 is 12.1 Å². The highest BCUT2D eigenvalue weighted by Gasteiger charge is 2.27. The Kier molecular flexibility index (Phi) is 5.39. The number of phenolic OH excluding ortho intramolecular Hbond substituents is 2. The van der Waals surface area contributed by atoms with Gasteiger partial charge in [0.05, 0.1) is 35.6 Å². The van der Waals surface area contributed by atoms with E-state index in [1.165, 1.54) is 30.3 Å². The molecule has 29 heavy (non-hydrogen) atoms. The maximum absolute atomic E-state index is 12.8. The fraction of sp³-hybridized carbons (Fsp3) is 0.300. The lowest BCUT2D eigenvalue weighted by atomic mass is 9.98. The summed E-state index contributed by atoms with van der Waals surface area (Å²) in [5.74, 6) is 0.736. The van der Waals surface area contributed by atoms with Crippen molar-refractivity contribution in [2.24, 2.45) is 16.0 Å². The number of likely N-dealkylation sites (tertiary alicyclic amines) is 1. The highest BCUT2D eigenvalue weighted by molar-refractivity contribution is 7.99. The van der Waals surface area contributed by atoms with E-state index in [1.807, 2.05) is 18.2 Å². The Balaban J connectivity index is 1.43. The molecule has 1 fully saturated rings. The van der Waals surface area contributed by atoms with Gasteiger partial charge in [0, 0.05) is 19.0 Å². The Hall–Kier alpha value is -3.07. The van der Waals surface area contributed by atoms with Crippen molar-refractivity contribution in [1.29, 1.82) is 0 Å². The van der Waals surface area contributed by atoms with Crippen molar-refractivity contribution >= 4 is 29.6 Å². The molecular weight excluding hydrogens is 392 g/mol. The third-order valence-corrected chi connectivity index (χ3v) is 5.67. The first-order valence-corrected chi connectivity index (χ1v) is 10.1. The van der Waals surface area contributed by atoms with Gasteiger partial charge in [0.25, 0.3) is 5.91 Å². The fourth-order valence-corrected chi connectivity index (χ4v) is 4.13. The van der Waals surface area contributed by atoms with Crippen LogP contribution in [-0.2, 0) is 0 Å². The highest BCUT2D eigenvalue weighted by atomic mass is 32.2. The number of ether oxygens (including phenoxy) is 1. The number of benzene rings is 2. The standard InChI is InChI=1S/C20H22N4O4S/c21-19-18-15(22-29-23-19)4-1-5-17(18)28-11-12-3-2-8-24(10-12)20(27)14-9-13(25)6-7-16(14)26/h1,4-7,9,12,22,25-26H,2-3,8,10-11H2,(H2,21,23). The van der Waals surface area contributed by atoms with Crippen LogP contribution in [0.25, 0.3) is 0 Å². The number of carbonyl (C=O) groups is 1. The number of amides is 1. The number of fused-ring (bicyclic) bond motifs is 1. The van der Waals surface area contributed by atoms with Crippen LogP contribution in [0, 0.1) is 5.92 Å². The first kappa shape index (κ1) is 19.3. The minimum Gasteiger partial charge on any atom is -0.508 e. The zero-order valence-corrected chi connectivity index (χ0v) is 16.5. The first-order chi connectivity index (χ1) is 14.0. The zero-order valence-electron chi connectivity index (χ0n) is 15.7. The van der Waals surface area contributed by atoms with E-state index < -0.39 is 0 Å². The van der Waals surface area contributed by atoms with Gasteiger partial charge in [-0.1, -0.05) is 6.07 Å². The molecule has 2 aliphatic rings. The summed E-state index contributed by atoms with van der Waals surface area (Å²) in [6.07, 6.45) is 1.77.